The van der Waals surface area contributed by atoms with Crippen LogP contribution in [0.2, 0.25) is 0 Å². The van der Waals surface area contributed by atoms with Gasteiger partial charge < -0.3 is 10.6 Å². The van der Waals surface area contributed by atoms with Gasteiger partial charge in [0.05, 0.1) is 11.2 Å². The molecule has 0 bridgehead atoms. The number of hydrogen-bond acceptors (Lipinski definition) is 5. The summed E-state index contributed by atoms with van der Waals surface area (Å²) in [4.78, 5) is 9.50. The molecule has 1 atom stereocenters. The van der Waals surface area contributed by atoms with Crippen LogP contribution in [0.3, 0.4) is 0 Å². The maximum Gasteiger partial charge on any atom is 0.183 e. The fourth-order valence-electron chi connectivity index (χ4n) is 3.87. The Morgan fingerprint density at radius 3 is 2.81 bits per heavy atom. The van der Waals surface area contributed by atoms with Crippen molar-refractivity contribution in [2.24, 2.45) is 0 Å². The number of aryl methyl sites for hydroxylation is 2. The van der Waals surface area contributed by atoms with Crippen molar-refractivity contribution in [1.29, 1.82) is 0 Å². The van der Waals surface area contributed by atoms with Crippen LogP contribution in [0.4, 0.5) is 5.82 Å². The molecule has 0 radical (unpaired) electrons. The Kier molecular flexibility index (Phi) is 5.10. The van der Waals surface area contributed by atoms with Crippen LogP contribution in [0, 0.1) is 6.92 Å². The first-order valence-electron chi connectivity index (χ1n) is 8.54. The van der Waals surface area contributed by atoms with Crippen LogP contribution in [-0.2, 0) is 6.42 Å². The molecule has 0 amide bonds. The lowest BCUT2D eigenvalue weighted by Crippen LogP contribution is -2.44. The number of rotatable bonds is 1. The number of aromatic nitrogens is 4. The minimum atomic E-state index is 0. The van der Waals surface area contributed by atoms with Gasteiger partial charge in [0, 0.05) is 18.3 Å². The Hall–Kier alpha value is -1.89. The SMILES string of the molecule is Cc1nc2c(cc1-c1nc3ccccn3n1)CC[C@@]1(CCNC1)N2.Cl.Cl. The fourth-order valence-corrected chi connectivity index (χ4v) is 3.87. The summed E-state index contributed by atoms with van der Waals surface area (Å²) in [6.07, 6.45) is 5.29. The molecule has 6 nitrogen and oxygen atoms in total. The van der Waals surface area contributed by atoms with E-state index < -0.39 is 0 Å². The van der Waals surface area contributed by atoms with E-state index in [4.69, 9.17) is 4.98 Å². The number of fused-ring (bicyclic) bond motifs is 2. The average Bonchev–Trinajstić information content (AvgIpc) is 3.21. The van der Waals surface area contributed by atoms with E-state index in [0.29, 0.717) is 0 Å². The predicted molar refractivity (Wildman–Crippen MR) is 108 cm³/mol. The van der Waals surface area contributed by atoms with E-state index in [1.165, 1.54) is 12.0 Å². The molecule has 0 unspecified atom stereocenters. The van der Waals surface area contributed by atoms with Crippen LogP contribution < -0.4 is 10.6 Å². The number of halogens is 2. The molecule has 1 spiro atoms. The van der Waals surface area contributed by atoms with Crippen LogP contribution in [0.25, 0.3) is 17.0 Å². The highest BCUT2D eigenvalue weighted by molar-refractivity contribution is 5.85. The van der Waals surface area contributed by atoms with Crippen LogP contribution in [-0.4, -0.2) is 38.2 Å². The molecule has 2 aliphatic rings. The molecule has 3 aromatic rings. The predicted octanol–water partition coefficient (Wildman–Crippen LogP) is 3.03. The van der Waals surface area contributed by atoms with Crippen LogP contribution in [0.1, 0.15) is 24.1 Å². The summed E-state index contributed by atoms with van der Waals surface area (Å²) in [5.41, 5.74) is 4.32. The monoisotopic (exact) mass is 392 g/mol. The van der Waals surface area contributed by atoms with Gasteiger partial charge >= 0.3 is 0 Å². The van der Waals surface area contributed by atoms with Crippen molar-refractivity contribution in [3.05, 3.63) is 41.7 Å². The minimum absolute atomic E-state index is 0. The van der Waals surface area contributed by atoms with E-state index >= 15 is 0 Å². The highest BCUT2D eigenvalue weighted by atomic mass is 35.5. The zero-order chi connectivity index (χ0) is 16.1. The molecule has 0 aromatic carbocycles. The highest BCUT2D eigenvalue weighted by Gasteiger charge is 2.37. The summed E-state index contributed by atoms with van der Waals surface area (Å²) < 4.78 is 1.81. The molecule has 3 aromatic heterocycles. The molecule has 0 saturated carbocycles. The van der Waals surface area contributed by atoms with Crippen molar-refractivity contribution in [3.63, 3.8) is 0 Å². The number of pyridine rings is 2. The van der Waals surface area contributed by atoms with Crippen molar-refractivity contribution in [3.8, 4) is 11.4 Å². The molecular weight excluding hydrogens is 371 g/mol. The van der Waals surface area contributed by atoms with E-state index in [1.54, 1.807) is 0 Å². The minimum Gasteiger partial charge on any atom is -0.363 e. The molecule has 1 saturated heterocycles. The van der Waals surface area contributed by atoms with Crippen LogP contribution >= 0.6 is 24.8 Å². The van der Waals surface area contributed by atoms with Gasteiger partial charge in [0.1, 0.15) is 5.82 Å². The van der Waals surface area contributed by atoms with Crippen LogP contribution in [0.5, 0.6) is 0 Å². The van der Waals surface area contributed by atoms with Gasteiger partial charge in [0.25, 0.3) is 0 Å². The topological polar surface area (TPSA) is 67.1 Å². The van der Waals surface area contributed by atoms with E-state index in [9.17, 15) is 0 Å². The first-order chi connectivity index (χ1) is 11.7. The molecule has 0 aliphatic carbocycles. The summed E-state index contributed by atoms with van der Waals surface area (Å²) >= 11 is 0. The van der Waals surface area contributed by atoms with E-state index in [2.05, 4.69) is 26.8 Å². The lowest BCUT2D eigenvalue weighted by atomic mass is 9.86. The van der Waals surface area contributed by atoms with Crippen molar-refractivity contribution in [1.82, 2.24) is 24.9 Å². The Bertz CT molecular complexity index is 900. The summed E-state index contributed by atoms with van der Waals surface area (Å²) in [5.74, 6) is 1.78. The first-order valence-corrected chi connectivity index (χ1v) is 8.54. The molecule has 138 valence electrons. The zero-order valence-corrected chi connectivity index (χ0v) is 16.2. The molecule has 2 aliphatic heterocycles. The number of hydrogen-bond donors (Lipinski definition) is 2. The second kappa shape index (κ2) is 7.02. The quantitative estimate of drug-likeness (QED) is 0.665. The maximum absolute atomic E-state index is 4.85. The number of anilines is 1. The van der Waals surface area contributed by atoms with E-state index in [1.807, 2.05) is 35.8 Å². The number of nitrogens with zero attached hydrogens (tertiary/aromatic N) is 4. The Labute approximate surface area is 164 Å². The average molecular weight is 393 g/mol. The molecule has 5 rings (SSSR count). The maximum atomic E-state index is 4.85. The van der Waals surface area contributed by atoms with Gasteiger partial charge in [-0.05, 0) is 56.5 Å². The third kappa shape index (κ3) is 3.02. The summed E-state index contributed by atoms with van der Waals surface area (Å²) in [6.45, 7) is 4.16. The normalized spacial score (nSPS) is 21.0. The van der Waals surface area contributed by atoms with E-state index in [-0.39, 0.29) is 30.4 Å². The summed E-state index contributed by atoms with van der Waals surface area (Å²) in [7, 11) is 0. The third-order valence-corrected chi connectivity index (χ3v) is 5.27. The molecule has 2 N–H and O–H groups in total. The van der Waals surface area contributed by atoms with Crippen molar-refractivity contribution < 1.29 is 0 Å². The van der Waals surface area contributed by atoms with Crippen LogP contribution in [0.15, 0.2) is 30.5 Å². The van der Waals surface area contributed by atoms with Gasteiger partial charge in [0.2, 0.25) is 0 Å². The standard InChI is InChI=1S/C18H20N6.2ClH/c1-12-14(17-21-15-4-2-3-9-24(15)23-17)10-13-5-6-18(7-8-19-11-18)22-16(13)20-12;;/h2-4,9-10,19H,5-8,11H2,1H3,(H,20,22);2*1H/t18-;;/m0../s1. The lowest BCUT2D eigenvalue weighted by molar-refractivity contribution is 0.454. The summed E-state index contributed by atoms with van der Waals surface area (Å²) in [5, 5.41) is 11.8. The third-order valence-electron chi connectivity index (χ3n) is 5.27. The summed E-state index contributed by atoms with van der Waals surface area (Å²) in [6, 6.07) is 8.12. The Morgan fingerprint density at radius 2 is 2.04 bits per heavy atom. The molecule has 26 heavy (non-hydrogen) atoms. The van der Waals surface area contributed by atoms with E-state index in [0.717, 1.165) is 54.5 Å². The molecule has 1 fully saturated rings. The second-order valence-electron chi connectivity index (χ2n) is 6.90. The fraction of sp³-hybridized carbons (Fsp3) is 0.389. The second-order valence-corrected chi connectivity index (χ2v) is 6.90. The van der Waals surface area contributed by atoms with Gasteiger partial charge in [-0.3, -0.25) is 0 Å². The van der Waals surface area contributed by atoms with Crippen molar-refractivity contribution in [2.75, 3.05) is 18.4 Å². The number of nitrogens with one attached hydrogen (secondary N) is 2. The lowest BCUT2D eigenvalue weighted by Gasteiger charge is -2.35. The molecule has 5 heterocycles. The zero-order valence-electron chi connectivity index (χ0n) is 14.5. The first kappa shape index (κ1) is 18.9. The Balaban J connectivity index is 0.000000980. The largest absolute Gasteiger partial charge is 0.363 e. The van der Waals surface area contributed by atoms with Gasteiger partial charge in [-0.15, -0.1) is 29.9 Å². The molecule has 8 heteroatoms. The van der Waals surface area contributed by atoms with Gasteiger partial charge in [0.15, 0.2) is 11.5 Å². The van der Waals surface area contributed by atoms with Crippen molar-refractivity contribution >= 4 is 36.3 Å². The van der Waals surface area contributed by atoms with Gasteiger partial charge in [-0.1, -0.05) is 6.07 Å². The van der Waals surface area contributed by atoms with Crippen molar-refractivity contribution in [2.45, 2.75) is 31.7 Å². The highest BCUT2D eigenvalue weighted by Crippen LogP contribution is 2.35. The Morgan fingerprint density at radius 1 is 1.15 bits per heavy atom. The molecular formula is C18H22Cl2N6. The van der Waals surface area contributed by atoms with Gasteiger partial charge in [-0.25, -0.2) is 14.5 Å². The van der Waals surface area contributed by atoms with Gasteiger partial charge in [-0.2, -0.15) is 0 Å². The smallest absolute Gasteiger partial charge is 0.183 e.